The molecule has 4 aromatic rings. The fourth-order valence-corrected chi connectivity index (χ4v) is 7.39. The fraction of sp³-hybridized carbons (Fsp3) is 0.487. The van der Waals surface area contributed by atoms with Crippen molar-refractivity contribution >= 4 is 22.2 Å². The molecule has 2 atom stereocenters. The highest BCUT2D eigenvalue weighted by Gasteiger charge is 2.32. The molecule has 0 aliphatic heterocycles. The number of nitrogens with two attached hydrogens (primary N) is 1. The van der Waals surface area contributed by atoms with Gasteiger partial charge in [-0.1, -0.05) is 46.4 Å². The summed E-state index contributed by atoms with van der Waals surface area (Å²) in [6.07, 6.45) is 8.28. The Balaban J connectivity index is 1.84. The van der Waals surface area contributed by atoms with Crippen LogP contribution in [-0.2, 0) is 24.1 Å². The number of hydrogen-bond acceptors (Lipinski definition) is 6. The predicted octanol–water partition coefficient (Wildman–Crippen LogP) is 9.10. The molecule has 248 valence electrons. The Bertz CT molecular complexity index is 1630. The van der Waals surface area contributed by atoms with Crippen molar-refractivity contribution in [2.75, 3.05) is 26.7 Å². The van der Waals surface area contributed by atoms with Crippen molar-refractivity contribution < 1.29 is 4.74 Å². The second kappa shape index (κ2) is 15.1. The Labute approximate surface area is 281 Å². The molecular formula is C39H55N5OS. The number of likely N-dealkylation sites (N-methyl/N-ethyl adjacent to an activating group) is 1. The van der Waals surface area contributed by atoms with Gasteiger partial charge in [0.1, 0.15) is 0 Å². The van der Waals surface area contributed by atoms with Gasteiger partial charge in [-0.25, -0.2) is 4.98 Å². The van der Waals surface area contributed by atoms with Gasteiger partial charge in [0, 0.05) is 76.5 Å². The molecule has 4 rings (SSSR count). The third-order valence-corrected chi connectivity index (χ3v) is 10.7. The molecule has 0 saturated heterocycles. The van der Waals surface area contributed by atoms with E-state index in [9.17, 15) is 0 Å². The SMILES string of the molecule is C=COCC(C)(C)Cc1c(-c2cccnc2C(C)CC)n(CC)c2ccc(-c3csc(CC(C=C)C(C)(C)N(C)CCN)n3)cc12. The Morgan fingerprint density at radius 2 is 1.91 bits per heavy atom. The van der Waals surface area contributed by atoms with Crippen LogP contribution in [0.25, 0.3) is 33.4 Å². The lowest BCUT2D eigenvalue weighted by Gasteiger charge is -2.40. The molecule has 0 aliphatic rings. The molecule has 2 N–H and O–H groups in total. The summed E-state index contributed by atoms with van der Waals surface area (Å²) in [6, 6.07) is 11.2. The number of ether oxygens (including phenoxy) is 1. The lowest BCUT2D eigenvalue weighted by molar-refractivity contribution is 0.114. The van der Waals surface area contributed by atoms with Crippen LogP contribution in [0.3, 0.4) is 0 Å². The highest BCUT2D eigenvalue weighted by molar-refractivity contribution is 7.09. The lowest BCUT2D eigenvalue weighted by Crippen LogP contribution is -2.49. The summed E-state index contributed by atoms with van der Waals surface area (Å²) in [6.45, 7) is 26.7. The van der Waals surface area contributed by atoms with Crippen molar-refractivity contribution in [3.05, 3.63) is 83.7 Å². The predicted molar refractivity (Wildman–Crippen MR) is 197 cm³/mol. The van der Waals surface area contributed by atoms with Gasteiger partial charge in [-0.15, -0.1) is 17.9 Å². The Hall–Kier alpha value is -3.26. The fourth-order valence-electron chi connectivity index (χ4n) is 6.53. The third kappa shape index (κ3) is 7.48. The lowest BCUT2D eigenvalue weighted by atomic mass is 9.83. The van der Waals surface area contributed by atoms with Gasteiger partial charge in [0.05, 0.1) is 35.0 Å². The second-order valence-corrected chi connectivity index (χ2v) is 14.8. The van der Waals surface area contributed by atoms with Crippen molar-refractivity contribution in [2.45, 2.75) is 85.7 Å². The van der Waals surface area contributed by atoms with E-state index in [1.807, 2.05) is 6.20 Å². The number of thiazole rings is 1. The average molecular weight is 642 g/mol. The topological polar surface area (TPSA) is 69.2 Å². The molecule has 0 fully saturated rings. The van der Waals surface area contributed by atoms with Crippen molar-refractivity contribution in [3.8, 4) is 22.5 Å². The largest absolute Gasteiger partial charge is 0.501 e. The molecule has 0 bridgehead atoms. The number of aryl methyl sites for hydroxylation is 1. The third-order valence-electron chi connectivity index (χ3n) is 9.79. The van der Waals surface area contributed by atoms with Gasteiger partial charge in [0.2, 0.25) is 0 Å². The van der Waals surface area contributed by atoms with E-state index in [4.69, 9.17) is 20.4 Å². The number of aromatic nitrogens is 3. The highest BCUT2D eigenvalue weighted by Crippen LogP contribution is 2.42. The van der Waals surface area contributed by atoms with Gasteiger partial charge in [0.25, 0.3) is 0 Å². The van der Waals surface area contributed by atoms with Gasteiger partial charge in [-0.3, -0.25) is 9.88 Å². The number of benzene rings is 1. The molecule has 0 radical (unpaired) electrons. The minimum Gasteiger partial charge on any atom is -0.501 e. The minimum atomic E-state index is -0.109. The molecule has 3 aromatic heterocycles. The molecule has 0 saturated carbocycles. The summed E-state index contributed by atoms with van der Waals surface area (Å²) in [5.41, 5.74) is 14.1. The van der Waals surface area contributed by atoms with Crippen LogP contribution in [0.5, 0.6) is 0 Å². The number of pyridine rings is 1. The number of hydrogen-bond donors (Lipinski definition) is 1. The summed E-state index contributed by atoms with van der Waals surface area (Å²) < 4.78 is 8.22. The van der Waals surface area contributed by atoms with E-state index in [0.29, 0.717) is 19.1 Å². The van der Waals surface area contributed by atoms with E-state index < -0.39 is 0 Å². The quantitative estimate of drug-likeness (QED) is 0.0920. The molecule has 0 spiro atoms. The van der Waals surface area contributed by atoms with Gasteiger partial charge in [-0.05, 0) is 76.4 Å². The molecule has 1 aromatic carbocycles. The summed E-state index contributed by atoms with van der Waals surface area (Å²) >= 11 is 1.73. The van der Waals surface area contributed by atoms with E-state index in [0.717, 1.165) is 54.3 Å². The zero-order valence-corrected chi connectivity index (χ0v) is 30.2. The zero-order valence-electron chi connectivity index (χ0n) is 29.4. The van der Waals surface area contributed by atoms with Crippen LogP contribution in [0.1, 0.15) is 77.1 Å². The summed E-state index contributed by atoms with van der Waals surface area (Å²) in [5, 5.41) is 4.59. The van der Waals surface area contributed by atoms with E-state index in [-0.39, 0.29) is 16.9 Å². The van der Waals surface area contributed by atoms with Crippen LogP contribution in [-0.4, -0.2) is 51.7 Å². The van der Waals surface area contributed by atoms with Crippen molar-refractivity contribution in [1.82, 2.24) is 19.4 Å². The van der Waals surface area contributed by atoms with Crippen molar-refractivity contribution in [2.24, 2.45) is 17.1 Å². The molecule has 3 heterocycles. The Kier molecular flexibility index (Phi) is 11.7. The smallest absolute Gasteiger partial charge is 0.0939 e. The van der Waals surface area contributed by atoms with Crippen LogP contribution in [0.2, 0.25) is 0 Å². The minimum absolute atomic E-state index is 0.0806. The van der Waals surface area contributed by atoms with E-state index in [1.165, 1.54) is 27.7 Å². The monoisotopic (exact) mass is 641 g/mol. The maximum Gasteiger partial charge on any atom is 0.0939 e. The second-order valence-electron chi connectivity index (χ2n) is 13.9. The van der Waals surface area contributed by atoms with Crippen LogP contribution < -0.4 is 5.73 Å². The molecular weight excluding hydrogens is 587 g/mol. The number of nitrogens with zero attached hydrogens (tertiary/aromatic N) is 4. The van der Waals surface area contributed by atoms with Gasteiger partial charge in [-0.2, -0.15) is 0 Å². The van der Waals surface area contributed by atoms with Crippen molar-refractivity contribution in [3.63, 3.8) is 0 Å². The summed E-state index contributed by atoms with van der Waals surface area (Å²) in [7, 11) is 2.14. The van der Waals surface area contributed by atoms with E-state index in [2.05, 4.69) is 120 Å². The van der Waals surface area contributed by atoms with E-state index >= 15 is 0 Å². The standard InChI is InChI=1S/C39H55N5OS/c1-11-27(5)36-30(16-15-20-41-36)37-32(24-38(6,7)26-45-14-4)31-22-28(17-18-34(31)44(37)13-3)33-25-46-35(42-33)23-29(12-2)39(8,9)43(10)21-19-40/h12,14-18,20,22,25,27,29H,2,4,11,13,19,21,23-24,26,40H2,1,3,5-10H3. The van der Waals surface area contributed by atoms with Crippen LogP contribution in [0.4, 0.5) is 0 Å². The summed E-state index contributed by atoms with van der Waals surface area (Å²) in [4.78, 5) is 12.4. The molecule has 7 heteroatoms. The maximum absolute atomic E-state index is 5.88. The van der Waals surface area contributed by atoms with Crippen LogP contribution >= 0.6 is 11.3 Å². The van der Waals surface area contributed by atoms with Gasteiger partial charge < -0.3 is 15.0 Å². The van der Waals surface area contributed by atoms with E-state index in [1.54, 1.807) is 17.6 Å². The van der Waals surface area contributed by atoms with Crippen LogP contribution in [0, 0.1) is 11.3 Å². The first kappa shape index (κ1) is 35.6. The molecule has 2 unspecified atom stereocenters. The molecule has 0 aliphatic carbocycles. The zero-order chi connectivity index (χ0) is 33.6. The normalized spacial score (nSPS) is 13.7. The first-order valence-electron chi connectivity index (χ1n) is 16.7. The Morgan fingerprint density at radius 1 is 1.15 bits per heavy atom. The molecule has 0 amide bonds. The summed E-state index contributed by atoms with van der Waals surface area (Å²) in [5.74, 6) is 0.602. The maximum atomic E-state index is 5.88. The molecule has 46 heavy (non-hydrogen) atoms. The highest BCUT2D eigenvalue weighted by atomic mass is 32.1. The van der Waals surface area contributed by atoms with Crippen LogP contribution in [0.15, 0.2) is 67.4 Å². The number of rotatable bonds is 17. The first-order valence-corrected chi connectivity index (χ1v) is 17.6. The Morgan fingerprint density at radius 3 is 2.57 bits per heavy atom. The van der Waals surface area contributed by atoms with Gasteiger partial charge >= 0.3 is 0 Å². The average Bonchev–Trinajstić information content (AvgIpc) is 3.64. The van der Waals surface area contributed by atoms with Gasteiger partial charge in [0.15, 0.2) is 0 Å². The first-order chi connectivity index (χ1) is 21.9. The van der Waals surface area contributed by atoms with Crippen molar-refractivity contribution in [1.29, 1.82) is 0 Å². The number of fused-ring (bicyclic) bond motifs is 1. The molecule has 6 nitrogen and oxygen atoms in total.